The van der Waals surface area contributed by atoms with Crippen LogP contribution in [-0.2, 0) is 23.9 Å². The summed E-state index contributed by atoms with van der Waals surface area (Å²) in [6.45, 7) is 4.09. The molecule has 0 saturated carbocycles. The number of benzene rings is 3. The Labute approximate surface area is 207 Å². The molecule has 3 aromatic carbocycles. The van der Waals surface area contributed by atoms with Gasteiger partial charge in [0.1, 0.15) is 0 Å². The fourth-order valence-electron chi connectivity index (χ4n) is 4.44. The quantitative estimate of drug-likeness (QED) is 0.160. The van der Waals surface area contributed by atoms with Crippen molar-refractivity contribution in [2.45, 2.75) is 37.9 Å². The first-order valence-electron chi connectivity index (χ1n) is 12.0. The molecule has 0 radical (unpaired) electrons. The Morgan fingerprint density at radius 2 is 1.23 bits per heavy atom. The zero-order valence-corrected chi connectivity index (χ0v) is 21.2. The Morgan fingerprint density at radius 3 is 1.57 bits per heavy atom. The fraction of sp³-hybridized carbons (Fsp3) is 0.321. The monoisotopic (exact) mass is 495 g/mol. The van der Waals surface area contributed by atoms with E-state index in [1.54, 1.807) is 13.8 Å². The number of carboxylic acid groups (broad SMARTS) is 1. The molecule has 1 unspecified atom stereocenters. The maximum absolute atomic E-state index is 13.2. The third kappa shape index (κ3) is 6.28. The van der Waals surface area contributed by atoms with Gasteiger partial charge in [-0.3, -0.25) is 14.7 Å². The van der Waals surface area contributed by atoms with Crippen LogP contribution >= 0.6 is 7.60 Å². The largest absolute Gasteiger partial charge is 0.481 e. The molecule has 2 N–H and O–H groups in total. The van der Waals surface area contributed by atoms with Crippen LogP contribution < -0.4 is 5.32 Å². The van der Waals surface area contributed by atoms with Crippen molar-refractivity contribution in [3.63, 3.8) is 0 Å². The van der Waals surface area contributed by atoms with Crippen molar-refractivity contribution in [1.82, 2.24) is 5.32 Å². The van der Waals surface area contributed by atoms with Gasteiger partial charge in [-0.15, -0.1) is 0 Å². The Kier molecular flexibility index (Phi) is 9.82. The highest BCUT2D eigenvalue weighted by Crippen LogP contribution is 2.54. The minimum Gasteiger partial charge on any atom is -0.481 e. The van der Waals surface area contributed by atoms with Crippen LogP contribution in [0.15, 0.2) is 91.0 Å². The van der Waals surface area contributed by atoms with Crippen LogP contribution in [-0.4, -0.2) is 36.5 Å². The number of carbonyl (C=O) groups is 1. The predicted molar refractivity (Wildman–Crippen MR) is 139 cm³/mol. The van der Waals surface area contributed by atoms with Crippen molar-refractivity contribution in [1.29, 1.82) is 0 Å². The van der Waals surface area contributed by atoms with Gasteiger partial charge in [-0.05, 0) is 49.9 Å². The van der Waals surface area contributed by atoms with Gasteiger partial charge < -0.3 is 14.2 Å². The first kappa shape index (κ1) is 26.8. The molecule has 186 valence electrons. The van der Waals surface area contributed by atoms with E-state index < -0.39 is 24.8 Å². The zero-order valence-electron chi connectivity index (χ0n) is 20.3. The molecule has 0 aliphatic rings. The summed E-state index contributed by atoms with van der Waals surface area (Å²) in [7, 11) is -3.77. The van der Waals surface area contributed by atoms with Crippen molar-refractivity contribution in [2.24, 2.45) is 0 Å². The Morgan fingerprint density at radius 1 is 0.829 bits per heavy atom. The van der Waals surface area contributed by atoms with E-state index >= 15 is 0 Å². The van der Waals surface area contributed by atoms with Crippen molar-refractivity contribution in [2.75, 3.05) is 19.8 Å². The van der Waals surface area contributed by atoms with Crippen LogP contribution in [0.2, 0.25) is 0 Å². The Hall–Kier alpha value is -2.76. The van der Waals surface area contributed by atoms with Gasteiger partial charge in [0.15, 0.2) is 5.66 Å². The molecule has 0 aliphatic heterocycles. The SMILES string of the molecule is CCOP(=O)(OCC)C(CCCNC(c1ccccc1)(c1ccccc1)c1ccccc1)C(=O)O. The molecule has 0 heterocycles. The molecule has 7 heteroatoms. The summed E-state index contributed by atoms with van der Waals surface area (Å²) in [6.07, 6.45) is 0.628. The second-order valence-electron chi connectivity index (χ2n) is 8.15. The highest BCUT2D eigenvalue weighted by atomic mass is 31.2. The molecule has 35 heavy (non-hydrogen) atoms. The second kappa shape index (κ2) is 12.8. The van der Waals surface area contributed by atoms with Crippen molar-refractivity contribution >= 4 is 13.6 Å². The summed E-state index contributed by atoms with van der Waals surface area (Å²) in [5.74, 6) is -1.17. The van der Waals surface area contributed by atoms with Gasteiger partial charge >= 0.3 is 13.6 Å². The predicted octanol–water partition coefficient (Wildman–Crippen LogP) is 6.07. The van der Waals surface area contributed by atoms with Gasteiger partial charge in [-0.25, -0.2) is 0 Å². The van der Waals surface area contributed by atoms with Crippen LogP contribution in [0.3, 0.4) is 0 Å². The van der Waals surface area contributed by atoms with E-state index in [1.807, 2.05) is 54.6 Å². The van der Waals surface area contributed by atoms with Crippen LogP contribution in [0.5, 0.6) is 0 Å². The average Bonchev–Trinajstić information content (AvgIpc) is 2.88. The lowest BCUT2D eigenvalue weighted by molar-refractivity contribution is -0.137. The highest BCUT2D eigenvalue weighted by molar-refractivity contribution is 7.55. The topological polar surface area (TPSA) is 84.9 Å². The zero-order chi connectivity index (χ0) is 25.2. The summed E-state index contributed by atoms with van der Waals surface area (Å²) in [5, 5.41) is 13.5. The van der Waals surface area contributed by atoms with Gasteiger partial charge in [0.2, 0.25) is 0 Å². The molecule has 0 amide bonds. The van der Waals surface area contributed by atoms with Crippen molar-refractivity contribution < 1.29 is 23.5 Å². The molecule has 3 rings (SSSR count). The molecule has 1 atom stereocenters. The van der Waals surface area contributed by atoms with Crippen molar-refractivity contribution in [3.8, 4) is 0 Å². The van der Waals surface area contributed by atoms with Crippen LogP contribution in [0, 0.1) is 0 Å². The summed E-state index contributed by atoms with van der Waals surface area (Å²) in [6, 6.07) is 30.6. The molecular weight excluding hydrogens is 461 g/mol. The summed E-state index contributed by atoms with van der Waals surface area (Å²) in [5.41, 5.74) is 1.35. The van der Waals surface area contributed by atoms with E-state index in [9.17, 15) is 14.5 Å². The second-order valence-corrected chi connectivity index (χ2v) is 10.4. The number of hydrogen-bond acceptors (Lipinski definition) is 5. The summed E-state index contributed by atoms with van der Waals surface area (Å²) >= 11 is 0. The average molecular weight is 496 g/mol. The van der Waals surface area contributed by atoms with E-state index in [0.29, 0.717) is 13.0 Å². The standard InChI is InChI=1S/C28H34NO5P/c1-3-33-35(32,34-4-2)26(27(30)31)21-14-22-29-28(23-15-8-5-9-16-23,24-17-10-6-11-18-24)25-19-12-7-13-20-25/h5-13,15-20,26,29H,3-4,14,21-22H2,1-2H3,(H,30,31). The number of carboxylic acids is 1. The smallest absolute Gasteiger partial charge is 0.344 e. The lowest BCUT2D eigenvalue weighted by atomic mass is 9.77. The van der Waals surface area contributed by atoms with E-state index in [0.717, 1.165) is 16.7 Å². The van der Waals surface area contributed by atoms with Gasteiger partial charge in [0.25, 0.3) is 0 Å². The van der Waals surface area contributed by atoms with E-state index in [4.69, 9.17) is 9.05 Å². The molecule has 0 bridgehead atoms. The minimum atomic E-state index is -3.77. The molecule has 0 aromatic heterocycles. The third-order valence-corrected chi connectivity index (χ3v) is 8.43. The molecule has 0 saturated heterocycles. The van der Waals surface area contributed by atoms with Gasteiger partial charge in [-0.2, -0.15) is 0 Å². The first-order chi connectivity index (χ1) is 17.0. The van der Waals surface area contributed by atoms with Gasteiger partial charge in [0, 0.05) is 0 Å². The first-order valence-corrected chi connectivity index (χ1v) is 13.6. The third-order valence-electron chi connectivity index (χ3n) is 5.95. The fourth-order valence-corrected chi connectivity index (χ4v) is 6.36. The number of aliphatic carboxylic acids is 1. The number of hydrogen-bond donors (Lipinski definition) is 2. The van der Waals surface area contributed by atoms with E-state index in [2.05, 4.69) is 41.7 Å². The number of nitrogens with one attached hydrogen (secondary N) is 1. The summed E-state index contributed by atoms with van der Waals surface area (Å²) < 4.78 is 23.8. The molecule has 3 aromatic rings. The molecular formula is C28H34NO5P. The molecule has 0 spiro atoms. The van der Waals surface area contributed by atoms with Crippen LogP contribution in [0.25, 0.3) is 0 Å². The minimum absolute atomic E-state index is 0.123. The lowest BCUT2D eigenvalue weighted by Crippen LogP contribution is -2.45. The summed E-state index contributed by atoms with van der Waals surface area (Å²) in [4.78, 5) is 12.0. The Balaban J connectivity index is 1.92. The van der Waals surface area contributed by atoms with Gasteiger partial charge in [-0.1, -0.05) is 91.0 Å². The van der Waals surface area contributed by atoms with E-state index in [-0.39, 0.29) is 19.6 Å². The van der Waals surface area contributed by atoms with Gasteiger partial charge in [0.05, 0.1) is 18.8 Å². The molecule has 0 aliphatic carbocycles. The molecule has 6 nitrogen and oxygen atoms in total. The van der Waals surface area contributed by atoms with Crippen LogP contribution in [0.1, 0.15) is 43.4 Å². The Bertz CT molecular complexity index is 985. The number of rotatable bonds is 14. The van der Waals surface area contributed by atoms with E-state index in [1.165, 1.54) is 0 Å². The normalized spacial score (nSPS) is 12.9. The molecule has 0 fully saturated rings. The maximum atomic E-state index is 13.2. The van der Waals surface area contributed by atoms with Crippen molar-refractivity contribution in [3.05, 3.63) is 108 Å². The maximum Gasteiger partial charge on any atom is 0.344 e. The van der Waals surface area contributed by atoms with Crippen LogP contribution in [0.4, 0.5) is 0 Å². The highest BCUT2D eigenvalue weighted by Gasteiger charge is 2.41. The lowest BCUT2D eigenvalue weighted by Gasteiger charge is -2.37.